The summed E-state index contributed by atoms with van der Waals surface area (Å²) in [4.78, 5) is 130. The fraction of sp³-hybridized carbons (Fsp3) is 0.361. The fourth-order valence-corrected chi connectivity index (χ4v) is 15.1. The van der Waals surface area contributed by atoms with Crippen LogP contribution in [0.1, 0.15) is 137 Å². The van der Waals surface area contributed by atoms with Gasteiger partial charge in [0.2, 0.25) is 0 Å². The third kappa shape index (κ3) is 25.2. The first-order valence-corrected chi connectivity index (χ1v) is 44.3. The minimum atomic E-state index is -3.35. The van der Waals surface area contributed by atoms with Gasteiger partial charge in [0.05, 0.1) is 58.7 Å². The second-order valence-corrected chi connectivity index (χ2v) is 34.2. The SMILES string of the molecule is CC(C)CCc1c(Oc2cccc(C(C)(F)F)c2)cnc2c1c(=O)n(CCCO)c(=O)n2C.CC(C)CCc1c(Oc2cccc(OC(C)(F)F)c2)cnc2c1c(=O)n(CCCO)c(=O)n2C.Cc1cncc(Oc2cnc3c(c2Cc2ccc(Cl)cc2)c(=O)n(CCCO)c(=O)n3C)c1.Cn1c(=O)n(CCCO)c(=O)c2c(Cc3ccc(Cl)cc3)c(Oc3cncc(C(C)(F)F)c3)cnc21. The molecule has 136 heavy (non-hydrogen) atoms. The zero-order valence-corrected chi connectivity index (χ0v) is 78.3. The first-order valence-electron chi connectivity index (χ1n) is 43.5. The van der Waals surface area contributed by atoms with Crippen LogP contribution in [0, 0.1) is 18.8 Å². The van der Waals surface area contributed by atoms with E-state index in [9.17, 15) is 80.0 Å². The lowest BCUT2D eigenvalue weighted by Gasteiger charge is -2.17. The number of aromatic nitrogens is 14. The van der Waals surface area contributed by atoms with Crippen LogP contribution in [0.5, 0.6) is 51.7 Å². The summed E-state index contributed by atoms with van der Waals surface area (Å²) in [7, 11) is 6.14. The molecule has 0 unspecified atom stereocenters. The molecule has 10 aromatic heterocycles. The van der Waals surface area contributed by atoms with E-state index in [-0.39, 0.29) is 175 Å². The third-order valence-corrected chi connectivity index (χ3v) is 22.3. The maximum Gasteiger partial charge on any atom is 0.394 e. The van der Waals surface area contributed by atoms with Crippen LogP contribution in [0.4, 0.5) is 26.3 Å². The molecule has 0 atom stereocenters. The maximum atomic E-state index is 13.8. The molecule has 720 valence electrons. The Bertz CT molecular complexity index is 7190. The van der Waals surface area contributed by atoms with E-state index in [1.165, 1.54) is 113 Å². The highest BCUT2D eigenvalue weighted by Gasteiger charge is 2.31. The molecule has 0 fully saturated rings. The molecule has 31 nitrogen and oxygen atoms in total. The number of halogens is 8. The van der Waals surface area contributed by atoms with Gasteiger partial charge in [-0.05, 0) is 147 Å². The number of ether oxygens (including phenoxy) is 5. The van der Waals surface area contributed by atoms with Crippen molar-refractivity contribution in [3.63, 3.8) is 0 Å². The van der Waals surface area contributed by atoms with E-state index in [0.717, 1.165) is 67.8 Å². The zero-order chi connectivity index (χ0) is 98.9. The Hall–Kier alpha value is -13.5. The lowest BCUT2D eigenvalue weighted by Crippen LogP contribution is -2.40. The Kier molecular flexibility index (Phi) is 34.3. The van der Waals surface area contributed by atoms with Crippen LogP contribution in [-0.4, -0.2) is 119 Å². The second kappa shape index (κ2) is 45.3. The van der Waals surface area contributed by atoms with Crippen molar-refractivity contribution >= 4 is 67.3 Å². The van der Waals surface area contributed by atoms with Crippen molar-refractivity contribution in [2.24, 2.45) is 40.0 Å². The van der Waals surface area contributed by atoms with Crippen molar-refractivity contribution in [1.82, 2.24) is 66.4 Å². The molecule has 4 aromatic carbocycles. The normalized spacial score (nSPS) is 11.7. The zero-order valence-electron chi connectivity index (χ0n) is 76.8. The number of aliphatic hydroxyl groups excluding tert-OH is 4. The Morgan fingerprint density at radius 2 is 0.684 bits per heavy atom. The Morgan fingerprint density at radius 3 is 1.02 bits per heavy atom. The van der Waals surface area contributed by atoms with Gasteiger partial charge >= 0.3 is 28.9 Å². The number of hydrogen-bond donors (Lipinski definition) is 4. The average molecular weight is 1920 g/mol. The first-order chi connectivity index (χ1) is 64.5. The molecular formula is C97H104Cl2F6N14O17. The standard InChI is InChI=1S/C25H23ClF2N4O4.C24H23ClN4O4.C24H29F2N3O5.C24H29F2N3O4/c1-25(27,28)16-11-18(13-29-12-16)36-20-14-30-22-21(19(20)10-15-4-6-17(26)7-5-15)23(34)32(8-3-9-33)24(35)31(22)2;1-15-10-18(13-26-12-15)33-20-14-27-22-21(19(20)11-16-4-6-17(25)7-5-16)23(31)29(8-3-9-30)24(32)28(22)2;1-15(2)9-10-18-19(33-16-7-5-8-17(13-16)34-24(3,25)26)14-27-21-20(18)22(31)29(11-6-12-30)23(32)28(21)4;1-15(2)9-10-18-19(33-17-8-5-7-16(13-17)24(3,25)26)14-27-21-20(18)22(31)29(11-6-12-30)23(32)28(21)4/h4-7,11-14,33H,3,8-10H2,1-2H3;4-7,10,12-14,30H,3,8-9,11H2,1-2H3;5,7-8,13-15,30H,6,9-12H2,1-4H3;5,7-8,13-15,30H,6,9-12H2,1-4H3. The molecule has 0 saturated heterocycles. The van der Waals surface area contributed by atoms with E-state index in [2.05, 4.69) is 34.6 Å². The molecule has 0 saturated carbocycles. The summed E-state index contributed by atoms with van der Waals surface area (Å²) >= 11 is 12.1. The summed E-state index contributed by atoms with van der Waals surface area (Å²) in [5.74, 6) is -3.47. The number of fused-ring (bicyclic) bond motifs is 4. The smallest absolute Gasteiger partial charge is 0.394 e. The molecule has 39 heteroatoms. The summed E-state index contributed by atoms with van der Waals surface area (Å²) in [5.41, 5.74) is 0.967. The van der Waals surface area contributed by atoms with Crippen molar-refractivity contribution in [2.75, 3.05) is 26.4 Å². The van der Waals surface area contributed by atoms with Gasteiger partial charge in [-0.1, -0.05) is 93.4 Å². The van der Waals surface area contributed by atoms with Crippen molar-refractivity contribution in [3.8, 4) is 51.7 Å². The first kappa shape index (κ1) is 103. The second-order valence-electron chi connectivity index (χ2n) is 33.4. The molecule has 0 aliphatic carbocycles. The van der Waals surface area contributed by atoms with Gasteiger partial charge in [0.1, 0.15) is 74.3 Å². The number of pyridine rings is 6. The van der Waals surface area contributed by atoms with Crippen molar-refractivity contribution < 1.29 is 70.5 Å². The molecule has 4 N–H and O–H groups in total. The lowest BCUT2D eigenvalue weighted by atomic mass is 10.0. The highest BCUT2D eigenvalue weighted by Crippen LogP contribution is 2.39. The number of rotatable bonds is 34. The molecule has 0 aliphatic heterocycles. The van der Waals surface area contributed by atoms with Crippen LogP contribution in [0.25, 0.3) is 44.1 Å². The molecule has 14 rings (SSSR count). The molecule has 0 radical (unpaired) electrons. The minimum absolute atomic E-state index is 0.0148. The highest BCUT2D eigenvalue weighted by atomic mass is 35.5. The number of alkyl halides is 6. The Labute approximate surface area is 784 Å². The van der Waals surface area contributed by atoms with E-state index >= 15 is 0 Å². The largest absolute Gasteiger partial charge is 0.455 e. The number of nitrogens with zero attached hydrogens (tertiary/aromatic N) is 14. The predicted molar refractivity (Wildman–Crippen MR) is 503 cm³/mol. The topological polar surface area (TPSA) is 380 Å². The predicted octanol–water partition coefficient (Wildman–Crippen LogP) is 15.1. The van der Waals surface area contributed by atoms with Gasteiger partial charge in [-0.15, -0.1) is 0 Å². The Balaban J connectivity index is 0.000000174. The molecule has 10 heterocycles. The van der Waals surface area contributed by atoms with Gasteiger partial charge in [-0.3, -0.25) is 65.7 Å². The van der Waals surface area contributed by atoms with Crippen LogP contribution in [0.3, 0.4) is 0 Å². The van der Waals surface area contributed by atoms with E-state index < -0.39 is 62.9 Å². The van der Waals surface area contributed by atoms with Crippen molar-refractivity contribution in [1.29, 1.82) is 0 Å². The van der Waals surface area contributed by atoms with Gasteiger partial charge < -0.3 is 44.1 Å². The number of hydrogen-bond acceptors (Lipinski definition) is 23. The quantitative estimate of drug-likeness (QED) is 0.0272. The van der Waals surface area contributed by atoms with Gasteiger partial charge in [0.25, 0.3) is 34.1 Å². The maximum absolute atomic E-state index is 13.8. The molecule has 0 bridgehead atoms. The van der Waals surface area contributed by atoms with Gasteiger partial charge in [-0.25, -0.2) is 56.7 Å². The summed E-state index contributed by atoms with van der Waals surface area (Å²) < 4.78 is 120. The number of aliphatic hydroxyl groups is 4. The van der Waals surface area contributed by atoms with E-state index in [0.29, 0.717) is 87.2 Å². The molecule has 0 amide bonds. The Morgan fingerprint density at radius 1 is 0.375 bits per heavy atom. The van der Waals surface area contributed by atoms with E-state index in [1.807, 2.05) is 52.8 Å². The summed E-state index contributed by atoms with van der Waals surface area (Å²) in [6, 6.07) is 28.7. The molecule has 14 aromatic rings. The van der Waals surface area contributed by atoms with E-state index in [4.69, 9.17) is 47.3 Å². The molecule has 0 spiro atoms. The van der Waals surface area contributed by atoms with Crippen molar-refractivity contribution in [3.05, 3.63) is 302 Å². The van der Waals surface area contributed by atoms with Crippen LogP contribution in [-0.2, 0) is 91.9 Å². The van der Waals surface area contributed by atoms with Crippen LogP contribution in [0.15, 0.2) is 197 Å². The van der Waals surface area contributed by atoms with Crippen LogP contribution < -0.4 is 68.7 Å². The summed E-state index contributed by atoms with van der Waals surface area (Å²) in [5, 5.41) is 38.9. The number of aryl methyl sites for hydroxylation is 7. The molecular weight excluding hydrogens is 1820 g/mol. The monoisotopic (exact) mass is 1920 g/mol. The van der Waals surface area contributed by atoms with Gasteiger partial charge in [0.15, 0.2) is 0 Å². The van der Waals surface area contributed by atoms with Crippen molar-refractivity contribution in [2.45, 2.75) is 164 Å². The van der Waals surface area contributed by atoms with Gasteiger partial charge in [0, 0.05) is 176 Å². The highest BCUT2D eigenvalue weighted by molar-refractivity contribution is 6.30. The van der Waals surface area contributed by atoms with E-state index in [1.54, 1.807) is 68.0 Å². The van der Waals surface area contributed by atoms with Crippen LogP contribution >= 0.6 is 23.2 Å². The summed E-state index contributed by atoms with van der Waals surface area (Å²) in [6.07, 6.45) is 12.0. The average Bonchev–Trinajstić information content (AvgIpc) is 0.759. The van der Waals surface area contributed by atoms with Gasteiger partial charge in [-0.2, -0.15) is 8.78 Å². The molecule has 0 aliphatic rings. The summed E-state index contributed by atoms with van der Waals surface area (Å²) in [6.45, 7) is 11.9. The number of benzene rings is 4. The lowest BCUT2D eigenvalue weighted by molar-refractivity contribution is -0.159. The fourth-order valence-electron chi connectivity index (χ4n) is 14.8. The minimum Gasteiger partial charge on any atom is -0.455 e. The van der Waals surface area contributed by atoms with Crippen LogP contribution in [0.2, 0.25) is 10.0 Å². The third-order valence-electron chi connectivity index (χ3n) is 21.8.